The Morgan fingerprint density at radius 3 is 2.29 bits per heavy atom. The number of benzene rings is 2. The molecule has 2 aromatic carbocycles. The molecule has 3 heteroatoms. The number of carbonyl (C=O) groups excluding carboxylic acids is 1. The summed E-state index contributed by atoms with van der Waals surface area (Å²) in [5.41, 5.74) is 3.73. The van der Waals surface area contributed by atoms with Crippen LogP contribution in [0.5, 0.6) is 0 Å². The molecule has 0 amide bonds. The maximum atomic E-state index is 12.0. The Bertz CT molecular complexity index is 794. The second kappa shape index (κ2) is 6.44. The quantitative estimate of drug-likeness (QED) is 0.616. The molecule has 1 heterocycles. The standard InChI is InChI=1S/C21H21NO2/c1-21(2,3)17-11-9-16(10-12-17)13-18-20(23)24-19(22-18)14-15-7-5-4-6-8-15/h4-13H,14H2,1-3H3/b18-13+. The van der Waals surface area contributed by atoms with Crippen LogP contribution in [0.4, 0.5) is 0 Å². The van der Waals surface area contributed by atoms with Crippen LogP contribution in [0.15, 0.2) is 65.3 Å². The van der Waals surface area contributed by atoms with E-state index < -0.39 is 0 Å². The normalized spacial score (nSPS) is 16.2. The summed E-state index contributed by atoms with van der Waals surface area (Å²) in [6, 6.07) is 18.0. The largest absolute Gasteiger partial charge is 0.406 e. The van der Waals surface area contributed by atoms with Crippen LogP contribution in [-0.2, 0) is 21.4 Å². The van der Waals surface area contributed by atoms with Gasteiger partial charge in [0, 0.05) is 6.42 Å². The summed E-state index contributed by atoms with van der Waals surface area (Å²) in [4.78, 5) is 16.3. The van der Waals surface area contributed by atoms with Crippen molar-refractivity contribution in [3.05, 3.63) is 77.0 Å². The van der Waals surface area contributed by atoms with E-state index in [1.807, 2.05) is 42.5 Å². The van der Waals surface area contributed by atoms with Gasteiger partial charge in [-0.25, -0.2) is 9.79 Å². The predicted molar refractivity (Wildman–Crippen MR) is 96.8 cm³/mol. The Balaban J connectivity index is 1.78. The average Bonchev–Trinajstić information content (AvgIpc) is 2.87. The molecule has 0 radical (unpaired) electrons. The van der Waals surface area contributed by atoms with Gasteiger partial charge >= 0.3 is 5.97 Å². The van der Waals surface area contributed by atoms with Gasteiger partial charge in [0.15, 0.2) is 5.70 Å². The molecule has 2 aromatic rings. The number of cyclic esters (lactones) is 1. The van der Waals surface area contributed by atoms with Crippen molar-refractivity contribution < 1.29 is 9.53 Å². The molecule has 0 spiro atoms. The minimum atomic E-state index is -0.388. The van der Waals surface area contributed by atoms with E-state index in [-0.39, 0.29) is 11.4 Å². The van der Waals surface area contributed by atoms with Gasteiger partial charge in [0.05, 0.1) is 0 Å². The predicted octanol–water partition coefficient (Wildman–Crippen LogP) is 4.52. The maximum Gasteiger partial charge on any atom is 0.363 e. The van der Waals surface area contributed by atoms with Gasteiger partial charge in [-0.3, -0.25) is 0 Å². The fourth-order valence-electron chi connectivity index (χ4n) is 2.54. The highest BCUT2D eigenvalue weighted by Crippen LogP contribution is 2.23. The van der Waals surface area contributed by atoms with Gasteiger partial charge in [0.2, 0.25) is 5.90 Å². The van der Waals surface area contributed by atoms with Gasteiger partial charge in [-0.15, -0.1) is 0 Å². The van der Waals surface area contributed by atoms with E-state index in [1.54, 1.807) is 6.08 Å². The number of esters is 1. The lowest BCUT2D eigenvalue weighted by molar-refractivity contribution is -0.130. The fraction of sp³-hybridized carbons (Fsp3) is 0.238. The van der Waals surface area contributed by atoms with Crippen LogP contribution in [0, 0.1) is 0 Å². The molecule has 0 fully saturated rings. The zero-order valence-corrected chi connectivity index (χ0v) is 14.2. The van der Waals surface area contributed by atoms with Crippen LogP contribution < -0.4 is 0 Å². The summed E-state index contributed by atoms with van der Waals surface area (Å²) in [7, 11) is 0. The lowest BCUT2D eigenvalue weighted by Crippen LogP contribution is -2.10. The van der Waals surface area contributed by atoms with Gasteiger partial charge in [0.1, 0.15) is 0 Å². The van der Waals surface area contributed by atoms with Gasteiger partial charge in [-0.05, 0) is 28.2 Å². The Morgan fingerprint density at radius 1 is 1.00 bits per heavy atom. The first-order chi connectivity index (χ1) is 11.4. The maximum absolute atomic E-state index is 12.0. The summed E-state index contributed by atoms with van der Waals surface area (Å²) < 4.78 is 5.27. The zero-order valence-electron chi connectivity index (χ0n) is 14.2. The molecule has 0 bridgehead atoms. The van der Waals surface area contributed by atoms with Crippen LogP contribution in [-0.4, -0.2) is 11.9 Å². The van der Waals surface area contributed by atoms with Crippen molar-refractivity contribution in [2.75, 3.05) is 0 Å². The molecule has 0 unspecified atom stereocenters. The van der Waals surface area contributed by atoms with Crippen molar-refractivity contribution in [2.24, 2.45) is 4.99 Å². The number of carbonyl (C=O) groups is 1. The number of ether oxygens (including phenoxy) is 1. The van der Waals surface area contributed by atoms with E-state index in [1.165, 1.54) is 5.56 Å². The highest BCUT2D eigenvalue weighted by Gasteiger charge is 2.23. The molecular weight excluding hydrogens is 298 g/mol. The van der Waals surface area contributed by atoms with Crippen LogP contribution in [0.3, 0.4) is 0 Å². The highest BCUT2D eigenvalue weighted by atomic mass is 16.6. The summed E-state index contributed by atoms with van der Waals surface area (Å²) in [5.74, 6) is 0.0598. The smallest absolute Gasteiger partial charge is 0.363 e. The zero-order chi connectivity index (χ0) is 17.2. The van der Waals surface area contributed by atoms with E-state index in [0.717, 1.165) is 11.1 Å². The van der Waals surface area contributed by atoms with Crippen molar-refractivity contribution in [1.29, 1.82) is 0 Å². The van der Waals surface area contributed by atoms with Gasteiger partial charge in [-0.1, -0.05) is 75.4 Å². The third-order valence-corrected chi connectivity index (χ3v) is 3.94. The SMILES string of the molecule is CC(C)(C)c1ccc(/C=C2/N=C(Cc3ccccc3)OC2=O)cc1. The minimum absolute atomic E-state index is 0.110. The molecule has 0 aliphatic carbocycles. The Morgan fingerprint density at radius 2 is 1.67 bits per heavy atom. The summed E-state index contributed by atoms with van der Waals surface area (Å²) in [6.07, 6.45) is 2.29. The monoisotopic (exact) mass is 319 g/mol. The topological polar surface area (TPSA) is 38.7 Å². The van der Waals surface area contributed by atoms with Crippen molar-refractivity contribution in [3.63, 3.8) is 0 Å². The number of aliphatic imine (C=N–C) groups is 1. The second-order valence-corrected chi connectivity index (χ2v) is 6.96. The first-order valence-corrected chi connectivity index (χ1v) is 8.08. The Hall–Kier alpha value is -2.68. The van der Waals surface area contributed by atoms with Crippen molar-refractivity contribution in [2.45, 2.75) is 32.6 Å². The van der Waals surface area contributed by atoms with Crippen LogP contribution in [0.25, 0.3) is 6.08 Å². The van der Waals surface area contributed by atoms with E-state index >= 15 is 0 Å². The third kappa shape index (κ3) is 3.80. The van der Waals surface area contributed by atoms with E-state index in [4.69, 9.17) is 4.74 Å². The third-order valence-electron chi connectivity index (χ3n) is 3.94. The van der Waals surface area contributed by atoms with Crippen molar-refractivity contribution in [3.8, 4) is 0 Å². The van der Waals surface area contributed by atoms with E-state index in [9.17, 15) is 4.79 Å². The second-order valence-electron chi connectivity index (χ2n) is 6.96. The van der Waals surface area contributed by atoms with Crippen LogP contribution in [0.1, 0.15) is 37.5 Å². The average molecular weight is 319 g/mol. The number of rotatable bonds is 3. The minimum Gasteiger partial charge on any atom is -0.406 e. The lowest BCUT2D eigenvalue weighted by atomic mass is 9.87. The molecular formula is C21H21NO2. The summed E-state index contributed by atoms with van der Waals surface area (Å²) >= 11 is 0. The van der Waals surface area contributed by atoms with E-state index in [0.29, 0.717) is 18.0 Å². The van der Waals surface area contributed by atoms with Crippen molar-refractivity contribution >= 4 is 17.9 Å². The van der Waals surface area contributed by atoms with E-state index in [2.05, 4.69) is 37.9 Å². The molecule has 3 nitrogen and oxygen atoms in total. The molecule has 0 N–H and O–H groups in total. The number of hydrogen-bond acceptors (Lipinski definition) is 3. The fourth-order valence-corrected chi connectivity index (χ4v) is 2.54. The molecule has 1 aliphatic heterocycles. The molecule has 3 rings (SSSR count). The van der Waals surface area contributed by atoms with Gasteiger partial charge in [-0.2, -0.15) is 0 Å². The van der Waals surface area contributed by atoms with Crippen molar-refractivity contribution in [1.82, 2.24) is 0 Å². The van der Waals surface area contributed by atoms with Crippen LogP contribution in [0.2, 0.25) is 0 Å². The molecule has 1 aliphatic rings. The molecule has 0 saturated heterocycles. The molecule has 122 valence electrons. The molecule has 24 heavy (non-hydrogen) atoms. The molecule has 0 saturated carbocycles. The van der Waals surface area contributed by atoms with Gasteiger partial charge < -0.3 is 4.74 Å². The number of nitrogens with zero attached hydrogens (tertiary/aromatic N) is 1. The van der Waals surface area contributed by atoms with Crippen LogP contribution >= 0.6 is 0 Å². The summed E-state index contributed by atoms with van der Waals surface area (Å²) in [6.45, 7) is 6.53. The Kier molecular flexibility index (Phi) is 4.34. The molecule has 0 atom stereocenters. The summed E-state index contributed by atoms with van der Waals surface area (Å²) in [5, 5.41) is 0. The first-order valence-electron chi connectivity index (χ1n) is 8.08. The number of hydrogen-bond donors (Lipinski definition) is 0. The highest BCUT2D eigenvalue weighted by molar-refractivity contribution is 6.07. The first kappa shape index (κ1) is 16.2. The Labute approximate surface area is 142 Å². The molecule has 0 aromatic heterocycles. The lowest BCUT2D eigenvalue weighted by Gasteiger charge is -2.18. The van der Waals surface area contributed by atoms with Gasteiger partial charge in [0.25, 0.3) is 0 Å².